The highest BCUT2D eigenvalue weighted by Gasteiger charge is 1.97. The van der Waals surface area contributed by atoms with Gasteiger partial charge in [-0.05, 0) is 6.92 Å². The van der Waals surface area contributed by atoms with Crippen LogP contribution in [0.5, 0.6) is 0 Å². The van der Waals surface area contributed by atoms with E-state index in [4.69, 9.17) is 20.4 Å². The number of rotatable bonds is 2. The van der Waals surface area contributed by atoms with Crippen molar-refractivity contribution in [3.63, 3.8) is 0 Å². The summed E-state index contributed by atoms with van der Waals surface area (Å²) in [6, 6.07) is 0. The lowest BCUT2D eigenvalue weighted by Crippen LogP contribution is -1.88. The van der Waals surface area contributed by atoms with Crippen molar-refractivity contribution in [1.82, 2.24) is 4.98 Å². The van der Waals surface area contributed by atoms with Crippen molar-refractivity contribution in [2.24, 2.45) is 0 Å². The van der Waals surface area contributed by atoms with E-state index in [0.717, 1.165) is 12.1 Å². The molecule has 7 heteroatoms. The standard InChI is InChI=1S/C6H9NOS.HNO3/c1-5-6(2-3-8)9-4-7-5;2-1(3)4/h4,8H,2-3H2,1H3;(H,2,3,4). The molecule has 0 atom stereocenters. The van der Waals surface area contributed by atoms with Gasteiger partial charge in [0.15, 0.2) is 0 Å². The van der Waals surface area contributed by atoms with Crippen LogP contribution in [0.1, 0.15) is 10.6 Å². The minimum Gasteiger partial charge on any atom is -0.396 e. The van der Waals surface area contributed by atoms with Gasteiger partial charge in [0.25, 0.3) is 5.09 Å². The number of hydrogen-bond acceptors (Lipinski definition) is 5. The van der Waals surface area contributed by atoms with Crippen molar-refractivity contribution in [1.29, 1.82) is 0 Å². The summed E-state index contributed by atoms with van der Waals surface area (Å²) < 4.78 is 0. The van der Waals surface area contributed by atoms with Gasteiger partial charge in [0.1, 0.15) is 0 Å². The van der Waals surface area contributed by atoms with Crippen molar-refractivity contribution in [3.8, 4) is 0 Å². The second-order valence-corrected chi connectivity index (χ2v) is 3.01. The lowest BCUT2D eigenvalue weighted by Gasteiger charge is -1.90. The fourth-order valence-corrected chi connectivity index (χ4v) is 1.44. The minimum atomic E-state index is -1.50. The highest BCUT2D eigenvalue weighted by Crippen LogP contribution is 2.11. The van der Waals surface area contributed by atoms with Crippen molar-refractivity contribution >= 4 is 11.3 Å². The van der Waals surface area contributed by atoms with Crippen molar-refractivity contribution in [2.45, 2.75) is 13.3 Å². The molecule has 13 heavy (non-hydrogen) atoms. The van der Waals surface area contributed by atoms with Crippen LogP contribution in [-0.4, -0.2) is 27.0 Å². The van der Waals surface area contributed by atoms with Crippen molar-refractivity contribution in [2.75, 3.05) is 6.61 Å². The molecule has 0 aromatic carbocycles. The number of hydrogen-bond donors (Lipinski definition) is 2. The first-order valence-corrected chi connectivity index (χ1v) is 4.29. The predicted octanol–water partition coefficient (Wildman–Crippen LogP) is 0.639. The van der Waals surface area contributed by atoms with Gasteiger partial charge in [0.05, 0.1) is 11.2 Å². The molecular weight excluding hydrogens is 196 g/mol. The molecule has 1 aromatic heterocycles. The predicted molar refractivity (Wildman–Crippen MR) is 46.4 cm³/mol. The van der Waals surface area contributed by atoms with Crippen LogP contribution < -0.4 is 0 Å². The summed E-state index contributed by atoms with van der Waals surface area (Å²) in [5.74, 6) is 0. The summed E-state index contributed by atoms with van der Waals surface area (Å²) in [4.78, 5) is 13.6. The van der Waals surface area contributed by atoms with Crippen LogP contribution in [0.25, 0.3) is 0 Å². The Labute approximate surface area is 78.6 Å². The zero-order chi connectivity index (χ0) is 10.3. The molecule has 0 fully saturated rings. The molecule has 1 heterocycles. The van der Waals surface area contributed by atoms with Crippen LogP contribution >= 0.6 is 11.3 Å². The Balaban J connectivity index is 0.000000310. The zero-order valence-corrected chi connectivity index (χ0v) is 7.82. The Bertz CT molecular complexity index is 259. The third-order valence-electron chi connectivity index (χ3n) is 1.18. The molecule has 6 nitrogen and oxygen atoms in total. The maximum absolute atomic E-state index is 8.54. The van der Waals surface area contributed by atoms with E-state index in [-0.39, 0.29) is 6.61 Å². The quantitative estimate of drug-likeness (QED) is 0.546. The molecule has 0 amide bonds. The van der Waals surface area contributed by atoms with E-state index in [9.17, 15) is 0 Å². The molecule has 0 saturated carbocycles. The van der Waals surface area contributed by atoms with Gasteiger partial charge in [0, 0.05) is 17.9 Å². The van der Waals surface area contributed by atoms with E-state index in [1.807, 2.05) is 6.92 Å². The molecule has 0 unspecified atom stereocenters. The molecule has 74 valence electrons. The zero-order valence-electron chi connectivity index (χ0n) is 7.01. The SMILES string of the molecule is Cc1ncsc1CCO.O=[N+]([O-])O. The van der Waals surface area contributed by atoms with E-state index in [0.29, 0.717) is 0 Å². The number of aliphatic hydroxyl groups is 1. The Kier molecular flexibility index (Phi) is 5.73. The Morgan fingerprint density at radius 1 is 1.77 bits per heavy atom. The van der Waals surface area contributed by atoms with Gasteiger partial charge in [-0.15, -0.1) is 21.5 Å². The van der Waals surface area contributed by atoms with Crippen LogP contribution in [0.2, 0.25) is 0 Å². The largest absolute Gasteiger partial charge is 0.396 e. The molecule has 0 saturated heterocycles. The Morgan fingerprint density at radius 2 is 2.31 bits per heavy atom. The topological polar surface area (TPSA) is 96.5 Å². The van der Waals surface area contributed by atoms with Crippen molar-refractivity contribution in [3.05, 3.63) is 26.2 Å². The first-order valence-electron chi connectivity index (χ1n) is 3.41. The molecule has 1 rings (SSSR count). The lowest BCUT2D eigenvalue weighted by atomic mass is 10.3. The number of aryl methyl sites for hydroxylation is 1. The van der Waals surface area contributed by atoms with Gasteiger partial charge in [-0.3, -0.25) is 0 Å². The number of aliphatic hydroxyl groups excluding tert-OH is 1. The molecule has 1 aromatic rings. The average Bonchev–Trinajstić information content (AvgIpc) is 2.36. The molecule has 2 N–H and O–H groups in total. The second-order valence-electron chi connectivity index (χ2n) is 2.07. The molecular formula is C6H10N2O4S. The fourth-order valence-electron chi connectivity index (χ4n) is 0.668. The van der Waals surface area contributed by atoms with Gasteiger partial charge in [0.2, 0.25) is 0 Å². The molecule has 0 bridgehead atoms. The summed E-state index contributed by atoms with van der Waals surface area (Å²) in [6.07, 6.45) is 0.747. The molecule has 0 aliphatic heterocycles. The van der Waals surface area contributed by atoms with E-state index in [1.165, 1.54) is 4.88 Å². The highest BCUT2D eigenvalue weighted by atomic mass is 32.1. The third kappa shape index (κ3) is 6.00. The fraction of sp³-hybridized carbons (Fsp3) is 0.500. The van der Waals surface area contributed by atoms with E-state index >= 15 is 0 Å². The van der Waals surface area contributed by atoms with Crippen LogP contribution in [0.3, 0.4) is 0 Å². The smallest absolute Gasteiger partial charge is 0.291 e. The van der Waals surface area contributed by atoms with E-state index in [2.05, 4.69) is 4.98 Å². The molecule has 0 aliphatic carbocycles. The summed E-state index contributed by atoms with van der Waals surface area (Å²) in [5, 5.41) is 22.2. The van der Waals surface area contributed by atoms with E-state index < -0.39 is 5.09 Å². The van der Waals surface area contributed by atoms with Crippen molar-refractivity contribution < 1.29 is 15.4 Å². The van der Waals surface area contributed by atoms with E-state index in [1.54, 1.807) is 16.8 Å². The summed E-state index contributed by atoms with van der Waals surface area (Å²) in [5.41, 5.74) is 2.86. The normalized spacial score (nSPS) is 8.77. The molecule has 0 radical (unpaired) electrons. The van der Waals surface area contributed by atoms with Crippen LogP contribution in [0.15, 0.2) is 5.51 Å². The molecule has 0 aliphatic rings. The number of aromatic nitrogens is 1. The molecule has 0 spiro atoms. The maximum Gasteiger partial charge on any atom is 0.291 e. The first kappa shape index (κ1) is 11.8. The minimum absolute atomic E-state index is 0.225. The van der Waals surface area contributed by atoms with Crippen LogP contribution in [0.4, 0.5) is 0 Å². The second kappa shape index (κ2) is 6.32. The van der Waals surface area contributed by atoms with Gasteiger partial charge in [-0.2, -0.15) is 0 Å². The van der Waals surface area contributed by atoms with Gasteiger partial charge in [-0.1, -0.05) is 0 Å². The Morgan fingerprint density at radius 3 is 2.62 bits per heavy atom. The Hall–Kier alpha value is -1.21. The highest BCUT2D eigenvalue weighted by molar-refractivity contribution is 7.09. The maximum atomic E-state index is 8.54. The summed E-state index contributed by atoms with van der Waals surface area (Å²) in [7, 11) is 0. The van der Waals surface area contributed by atoms with Gasteiger partial charge < -0.3 is 10.3 Å². The monoisotopic (exact) mass is 206 g/mol. The summed E-state index contributed by atoms with van der Waals surface area (Å²) in [6.45, 7) is 2.19. The number of thiazole rings is 1. The van der Waals surface area contributed by atoms with Crippen LogP contribution in [0, 0.1) is 17.0 Å². The summed E-state index contributed by atoms with van der Waals surface area (Å²) >= 11 is 1.60. The van der Waals surface area contributed by atoms with Gasteiger partial charge in [-0.25, -0.2) is 4.98 Å². The first-order chi connectivity index (χ1) is 6.07. The lowest BCUT2D eigenvalue weighted by molar-refractivity contribution is -0.742. The third-order valence-corrected chi connectivity index (χ3v) is 2.18. The van der Waals surface area contributed by atoms with Crippen LogP contribution in [-0.2, 0) is 6.42 Å². The number of nitrogens with zero attached hydrogens (tertiary/aromatic N) is 2. The average molecular weight is 206 g/mol. The van der Waals surface area contributed by atoms with Gasteiger partial charge >= 0.3 is 0 Å².